The zero-order valence-corrected chi connectivity index (χ0v) is 8.03. The summed E-state index contributed by atoms with van der Waals surface area (Å²) < 4.78 is 5.35. The molecule has 3 heteroatoms. The van der Waals surface area contributed by atoms with Crippen molar-refractivity contribution in [3.63, 3.8) is 0 Å². The Labute approximate surface area is 82.1 Å². The van der Waals surface area contributed by atoms with Crippen LogP contribution < -0.4 is 5.73 Å². The molecule has 1 aromatic heterocycles. The molecule has 14 heavy (non-hydrogen) atoms. The largest absolute Gasteiger partial charge is 0.464 e. The van der Waals surface area contributed by atoms with Gasteiger partial charge in [0.1, 0.15) is 5.58 Å². The van der Waals surface area contributed by atoms with Gasteiger partial charge in [0.25, 0.3) is 0 Å². The Morgan fingerprint density at radius 3 is 2.86 bits per heavy atom. The number of hydrogen-bond acceptors (Lipinski definition) is 3. The van der Waals surface area contributed by atoms with Crippen LogP contribution in [0.25, 0.3) is 11.0 Å². The van der Waals surface area contributed by atoms with Gasteiger partial charge < -0.3 is 15.3 Å². The number of fused-ring (bicyclic) bond motifs is 1. The predicted molar refractivity (Wildman–Crippen MR) is 54.8 cm³/mol. The Balaban J connectivity index is 2.64. The molecule has 0 bridgehead atoms. The van der Waals surface area contributed by atoms with Gasteiger partial charge in [0.2, 0.25) is 0 Å². The molecule has 0 aliphatic heterocycles. The number of benzene rings is 1. The van der Waals surface area contributed by atoms with E-state index in [0.29, 0.717) is 0 Å². The first kappa shape index (κ1) is 9.24. The molecule has 0 radical (unpaired) electrons. The zero-order valence-electron chi connectivity index (χ0n) is 8.03. The molecular weight excluding hydrogens is 178 g/mol. The Hall–Kier alpha value is -1.32. The second kappa shape index (κ2) is 3.12. The number of aliphatic hydroxyl groups is 1. The van der Waals surface area contributed by atoms with Crippen LogP contribution in [0.5, 0.6) is 0 Å². The van der Waals surface area contributed by atoms with E-state index in [2.05, 4.69) is 0 Å². The third-order valence-electron chi connectivity index (χ3n) is 2.42. The molecule has 3 N–H and O–H groups in total. The lowest BCUT2D eigenvalue weighted by atomic mass is 9.94. The van der Waals surface area contributed by atoms with Crippen LogP contribution in [-0.2, 0) is 5.54 Å². The Morgan fingerprint density at radius 1 is 1.43 bits per heavy atom. The van der Waals surface area contributed by atoms with Crippen molar-refractivity contribution in [1.82, 2.24) is 0 Å². The smallest absolute Gasteiger partial charge is 0.134 e. The van der Waals surface area contributed by atoms with Crippen molar-refractivity contribution in [1.29, 1.82) is 0 Å². The highest BCUT2D eigenvalue weighted by molar-refractivity contribution is 5.81. The molecule has 3 nitrogen and oxygen atoms in total. The summed E-state index contributed by atoms with van der Waals surface area (Å²) in [7, 11) is 0. The van der Waals surface area contributed by atoms with Crippen molar-refractivity contribution in [2.24, 2.45) is 5.73 Å². The minimum absolute atomic E-state index is 0.101. The molecule has 1 aromatic carbocycles. The van der Waals surface area contributed by atoms with Crippen LogP contribution in [0.4, 0.5) is 0 Å². The fraction of sp³-hybridized carbons (Fsp3) is 0.273. The van der Waals surface area contributed by atoms with Crippen LogP contribution in [0, 0.1) is 0 Å². The van der Waals surface area contributed by atoms with E-state index in [-0.39, 0.29) is 6.61 Å². The number of para-hydroxylation sites is 1. The van der Waals surface area contributed by atoms with Crippen molar-refractivity contribution < 1.29 is 9.52 Å². The summed E-state index contributed by atoms with van der Waals surface area (Å²) in [5.74, 6) is 0. The summed E-state index contributed by atoms with van der Waals surface area (Å²) in [4.78, 5) is 0. The van der Waals surface area contributed by atoms with E-state index < -0.39 is 5.54 Å². The molecule has 74 valence electrons. The molecule has 1 unspecified atom stereocenters. The number of rotatable bonds is 2. The standard InChI is InChI=1S/C11H13NO2/c1-11(12,7-13)9-6-14-10-5-3-2-4-8(9)10/h2-6,13H,7,12H2,1H3. The van der Waals surface area contributed by atoms with Crippen molar-refractivity contribution in [3.8, 4) is 0 Å². The second-order valence-corrected chi connectivity index (χ2v) is 3.72. The van der Waals surface area contributed by atoms with Gasteiger partial charge in [-0.1, -0.05) is 18.2 Å². The molecule has 1 heterocycles. The molecule has 0 aliphatic carbocycles. The lowest BCUT2D eigenvalue weighted by molar-refractivity contribution is 0.210. The van der Waals surface area contributed by atoms with Crippen molar-refractivity contribution in [3.05, 3.63) is 36.1 Å². The van der Waals surface area contributed by atoms with Gasteiger partial charge in [-0.15, -0.1) is 0 Å². The summed E-state index contributed by atoms with van der Waals surface area (Å²) in [5.41, 5.74) is 6.84. The molecule has 0 aliphatic rings. The number of aliphatic hydroxyl groups excluding tert-OH is 1. The van der Waals surface area contributed by atoms with Gasteiger partial charge in [-0.25, -0.2) is 0 Å². The second-order valence-electron chi connectivity index (χ2n) is 3.72. The van der Waals surface area contributed by atoms with Crippen LogP contribution in [-0.4, -0.2) is 11.7 Å². The zero-order chi connectivity index (χ0) is 10.2. The van der Waals surface area contributed by atoms with Gasteiger partial charge in [-0.3, -0.25) is 0 Å². The summed E-state index contributed by atoms with van der Waals surface area (Å²) in [6, 6.07) is 7.65. The SMILES string of the molecule is CC(N)(CO)c1coc2ccccc12. The maximum absolute atomic E-state index is 9.16. The molecule has 2 aromatic rings. The first-order chi connectivity index (χ1) is 6.65. The number of nitrogens with two attached hydrogens (primary N) is 1. The first-order valence-corrected chi connectivity index (χ1v) is 4.51. The first-order valence-electron chi connectivity index (χ1n) is 4.51. The van der Waals surface area contributed by atoms with E-state index in [9.17, 15) is 0 Å². The van der Waals surface area contributed by atoms with Crippen molar-refractivity contribution >= 4 is 11.0 Å². The van der Waals surface area contributed by atoms with Gasteiger partial charge in [0.05, 0.1) is 18.4 Å². The van der Waals surface area contributed by atoms with Crippen LogP contribution >= 0.6 is 0 Å². The molecule has 0 fully saturated rings. The highest BCUT2D eigenvalue weighted by atomic mass is 16.3. The fourth-order valence-corrected chi connectivity index (χ4v) is 1.51. The van der Waals surface area contributed by atoms with Crippen LogP contribution in [0.15, 0.2) is 34.9 Å². The molecule has 0 saturated carbocycles. The third kappa shape index (κ3) is 1.31. The quantitative estimate of drug-likeness (QED) is 0.758. The van der Waals surface area contributed by atoms with E-state index in [1.54, 1.807) is 13.2 Å². The summed E-state index contributed by atoms with van der Waals surface area (Å²) in [6.07, 6.45) is 1.61. The fourth-order valence-electron chi connectivity index (χ4n) is 1.51. The molecule has 2 rings (SSSR count). The van der Waals surface area contributed by atoms with E-state index in [4.69, 9.17) is 15.3 Å². The molecule has 0 saturated heterocycles. The Kier molecular flexibility index (Phi) is 2.06. The average molecular weight is 191 g/mol. The lowest BCUT2D eigenvalue weighted by Crippen LogP contribution is -2.36. The van der Waals surface area contributed by atoms with Gasteiger partial charge in [-0.05, 0) is 13.0 Å². The average Bonchev–Trinajstić information content (AvgIpc) is 2.61. The number of furan rings is 1. The van der Waals surface area contributed by atoms with Crippen LogP contribution in [0.3, 0.4) is 0 Å². The van der Waals surface area contributed by atoms with Gasteiger partial charge >= 0.3 is 0 Å². The van der Waals surface area contributed by atoms with Crippen LogP contribution in [0.2, 0.25) is 0 Å². The van der Waals surface area contributed by atoms with E-state index in [1.165, 1.54) is 0 Å². The Morgan fingerprint density at radius 2 is 2.14 bits per heavy atom. The topological polar surface area (TPSA) is 59.4 Å². The lowest BCUT2D eigenvalue weighted by Gasteiger charge is -2.20. The van der Waals surface area contributed by atoms with Crippen molar-refractivity contribution in [2.75, 3.05) is 6.61 Å². The normalized spacial score (nSPS) is 15.6. The summed E-state index contributed by atoms with van der Waals surface area (Å²) in [5, 5.41) is 10.1. The highest BCUT2D eigenvalue weighted by Crippen LogP contribution is 2.28. The highest BCUT2D eigenvalue weighted by Gasteiger charge is 2.24. The molecule has 0 amide bonds. The monoisotopic (exact) mass is 191 g/mol. The maximum Gasteiger partial charge on any atom is 0.134 e. The summed E-state index contributed by atoms with van der Waals surface area (Å²) in [6.45, 7) is 1.68. The van der Waals surface area contributed by atoms with Crippen LogP contribution in [0.1, 0.15) is 12.5 Å². The third-order valence-corrected chi connectivity index (χ3v) is 2.42. The van der Waals surface area contributed by atoms with E-state index in [0.717, 1.165) is 16.5 Å². The molecule has 0 spiro atoms. The van der Waals surface area contributed by atoms with Gasteiger partial charge in [0.15, 0.2) is 0 Å². The Bertz CT molecular complexity index is 445. The molecule has 1 atom stereocenters. The van der Waals surface area contributed by atoms with Crippen molar-refractivity contribution in [2.45, 2.75) is 12.5 Å². The van der Waals surface area contributed by atoms with E-state index in [1.807, 2.05) is 24.3 Å². The minimum Gasteiger partial charge on any atom is -0.464 e. The van der Waals surface area contributed by atoms with E-state index >= 15 is 0 Å². The molecular formula is C11H13NO2. The summed E-state index contributed by atoms with van der Waals surface area (Å²) >= 11 is 0. The number of hydrogen-bond donors (Lipinski definition) is 2. The van der Waals surface area contributed by atoms with Gasteiger partial charge in [-0.2, -0.15) is 0 Å². The maximum atomic E-state index is 9.16. The van der Waals surface area contributed by atoms with Gasteiger partial charge in [0, 0.05) is 10.9 Å². The minimum atomic E-state index is -0.743. The predicted octanol–water partition coefficient (Wildman–Crippen LogP) is 1.60.